The summed E-state index contributed by atoms with van der Waals surface area (Å²) in [4.78, 5) is 0. The molecule has 1 unspecified atom stereocenters. The maximum atomic E-state index is 4.93. The van der Waals surface area contributed by atoms with Crippen LogP contribution in [-0.2, 0) is 12.8 Å². The molecule has 1 aliphatic heterocycles. The summed E-state index contributed by atoms with van der Waals surface area (Å²) in [6.45, 7) is 6.59. The van der Waals surface area contributed by atoms with E-state index in [-0.39, 0.29) is 0 Å². The Balaban J connectivity index is 2.16. The van der Waals surface area contributed by atoms with Gasteiger partial charge < -0.3 is 5.32 Å². The number of hydrogen-bond acceptors (Lipinski definition) is 2. The molecule has 0 bridgehead atoms. The predicted molar refractivity (Wildman–Crippen MR) is 82.9 cm³/mol. The molecule has 0 spiro atoms. The summed E-state index contributed by atoms with van der Waals surface area (Å²) in [5.41, 5.74) is 5.36. The molecule has 20 heavy (non-hydrogen) atoms. The molecule has 0 aliphatic carbocycles. The highest BCUT2D eigenvalue weighted by molar-refractivity contribution is 5.65. The first kappa shape index (κ1) is 13.4. The van der Waals surface area contributed by atoms with E-state index in [9.17, 15) is 0 Å². The van der Waals surface area contributed by atoms with E-state index in [1.807, 2.05) is 0 Å². The van der Waals surface area contributed by atoms with Gasteiger partial charge >= 0.3 is 0 Å². The Hall–Kier alpha value is -1.61. The molecule has 3 nitrogen and oxygen atoms in total. The third kappa shape index (κ3) is 2.38. The highest BCUT2D eigenvalue weighted by Crippen LogP contribution is 2.31. The van der Waals surface area contributed by atoms with E-state index >= 15 is 0 Å². The predicted octanol–water partition coefficient (Wildman–Crippen LogP) is 3.21. The Morgan fingerprint density at radius 2 is 1.95 bits per heavy atom. The standard InChI is InChI=1S/C17H23N3/c1-3-13(2)20-17(14-7-5-4-6-8-14)15-9-11-18-12-10-16(15)19-20/h4-8,13,18H,3,9-12H2,1-2H3. The monoisotopic (exact) mass is 269 g/mol. The van der Waals surface area contributed by atoms with Crippen molar-refractivity contribution in [2.45, 2.75) is 39.2 Å². The van der Waals surface area contributed by atoms with Crippen LogP contribution in [0.25, 0.3) is 11.3 Å². The van der Waals surface area contributed by atoms with Crippen molar-refractivity contribution in [3.8, 4) is 11.3 Å². The van der Waals surface area contributed by atoms with Gasteiger partial charge in [0.05, 0.1) is 11.4 Å². The van der Waals surface area contributed by atoms with Crippen molar-refractivity contribution in [1.29, 1.82) is 0 Å². The van der Waals surface area contributed by atoms with Gasteiger partial charge in [0.2, 0.25) is 0 Å². The van der Waals surface area contributed by atoms with E-state index in [1.54, 1.807) is 0 Å². The fourth-order valence-corrected chi connectivity index (χ4v) is 2.92. The molecule has 0 amide bonds. The summed E-state index contributed by atoms with van der Waals surface area (Å²) in [6, 6.07) is 11.2. The Labute approximate surface area is 121 Å². The van der Waals surface area contributed by atoms with Crippen LogP contribution in [0.2, 0.25) is 0 Å². The minimum atomic E-state index is 0.449. The highest BCUT2D eigenvalue weighted by Gasteiger charge is 2.22. The Morgan fingerprint density at radius 3 is 2.70 bits per heavy atom. The molecule has 106 valence electrons. The zero-order chi connectivity index (χ0) is 13.9. The third-order valence-corrected chi connectivity index (χ3v) is 4.24. The van der Waals surface area contributed by atoms with Crippen molar-refractivity contribution >= 4 is 0 Å². The second kappa shape index (κ2) is 5.80. The van der Waals surface area contributed by atoms with E-state index in [0.717, 1.165) is 32.4 Å². The number of hydrogen-bond donors (Lipinski definition) is 1. The normalized spacial score (nSPS) is 16.5. The molecule has 1 N–H and O–H groups in total. The molecule has 0 fully saturated rings. The minimum absolute atomic E-state index is 0.449. The first-order valence-electron chi connectivity index (χ1n) is 7.67. The molecular formula is C17H23N3. The summed E-state index contributed by atoms with van der Waals surface area (Å²) in [7, 11) is 0. The quantitative estimate of drug-likeness (QED) is 0.927. The lowest BCUT2D eigenvalue weighted by molar-refractivity contribution is 0.477. The van der Waals surface area contributed by atoms with Gasteiger partial charge in [-0.3, -0.25) is 4.68 Å². The molecule has 2 aromatic rings. The Bertz CT molecular complexity index is 571. The lowest BCUT2D eigenvalue weighted by Crippen LogP contribution is -2.17. The molecule has 1 atom stereocenters. The van der Waals surface area contributed by atoms with Crippen LogP contribution in [0.3, 0.4) is 0 Å². The molecule has 1 aliphatic rings. The van der Waals surface area contributed by atoms with Crippen molar-refractivity contribution < 1.29 is 0 Å². The van der Waals surface area contributed by atoms with Crippen LogP contribution < -0.4 is 5.32 Å². The second-order valence-corrected chi connectivity index (χ2v) is 5.59. The lowest BCUT2D eigenvalue weighted by atomic mass is 10.0. The van der Waals surface area contributed by atoms with Crippen LogP contribution in [-0.4, -0.2) is 22.9 Å². The largest absolute Gasteiger partial charge is 0.316 e. The molecule has 0 saturated carbocycles. The molecule has 3 rings (SSSR count). The van der Waals surface area contributed by atoms with Gasteiger partial charge in [-0.25, -0.2) is 0 Å². The Morgan fingerprint density at radius 1 is 1.20 bits per heavy atom. The van der Waals surface area contributed by atoms with Crippen molar-refractivity contribution in [2.75, 3.05) is 13.1 Å². The van der Waals surface area contributed by atoms with Crippen LogP contribution in [0.15, 0.2) is 30.3 Å². The summed E-state index contributed by atoms with van der Waals surface area (Å²) >= 11 is 0. The van der Waals surface area contributed by atoms with Crippen molar-refractivity contribution in [3.05, 3.63) is 41.6 Å². The van der Waals surface area contributed by atoms with Crippen molar-refractivity contribution in [2.24, 2.45) is 0 Å². The molecule has 1 aromatic heterocycles. The van der Waals surface area contributed by atoms with E-state index in [0.29, 0.717) is 6.04 Å². The van der Waals surface area contributed by atoms with Crippen LogP contribution in [0, 0.1) is 0 Å². The molecule has 1 aromatic carbocycles. The van der Waals surface area contributed by atoms with Gasteiger partial charge in [-0.15, -0.1) is 0 Å². The fourth-order valence-electron chi connectivity index (χ4n) is 2.92. The van der Waals surface area contributed by atoms with Crippen LogP contribution in [0.4, 0.5) is 0 Å². The number of nitrogens with one attached hydrogen (secondary N) is 1. The first-order chi connectivity index (χ1) is 9.81. The van der Waals surface area contributed by atoms with Gasteiger partial charge in [-0.05, 0) is 26.3 Å². The first-order valence-corrected chi connectivity index (χ1v) is 7.67. The highest BCUT2D eigenvalue weighted by atomic mass is 15.3. The average molecular weight is 269 g/mol. The van der Waals surface area contributed by atoms with Gasteiger partial charge in [0.1, 0.15) is 0 Å². The summed E-state index contributed by atoms with van der Waals surface area (Å²) in [6.07, 6.45) is 3.23. The fraction of sp³-hybridized carbons (Fsp3) is 0.471. The molecule has 0 radical (unpaired) electrons. The van der Waals surface area contributed by atoms with Crippen molar-refractivity contribution in [1.82, 2.24) is 15.1 Å². The zero-order valence-electron chi connectivity index (χ0n) is 12.4. The van der Waals surface area contributed by atoms with Gasteiger partial charge in [-0.1, -0.05) is 37.3 Å². The zero-order valence-corrected chi connectivity index (χ0v) is 12.4. The van der Waals surface area contributed by atoms with Gasteiger partial charge in [0.25, 0.3) is 0 Å². The van der Waals surface area contributed by atoms with Crippen LogP contribution in [0.1, 0.15) is 37.6 Å². The Kier molecular flexibility index (Phi) is 3.88. The summed E-state index contributed by atoms with van der Waals surface area (Å²) < 4.78 is 2.26. The third-order valence-electron chi connectivity index (χ3n) is 4.24. The van der Waals surface area contributed by atoms with Gasteiger partial charge in [-0.2, -0.15) is 5.10 Å². The van der Waals surface area contributed by atoms with Crippen molar-refractivity contribution in [3.63, 3.8) is 0 Å². The molecular weight excluding hydrogens is 246 g/mol. The van der Waals surface area contributed by atoms with Crippen LogP contribution in [0.5, 0.6) is 0 Å². The molecule has 0 saturated heterocycles. The number of nitrogens with zero attached hydrogens (tertiary/aromatic N) is 2. The minimum Gasteiger partial charge on any atom is -0.316 e. The van der Waals surface area contributed by atoms with E-state index in [1.165, 1.54) is 22.5 Å². The van der Waals surface area contributed by atoms with E-state index in [4.69, 9.17) is 5.10 Å². The summed E-state index contributed by atoms with van der Waals surface area (Å²) in [5, 5.41) is 8.41. The van der Waals surface area contributed by atoms with Gasteiger partial charge in [0.15, 0.2) is 0 Å². The maximum Gasteiger partial charge on any atom is 0.0720 e. The number of benzene rings is 1. The van der Waals surface area contributed by atoms with Crippen LogP contribution >= 0.6 is 0 Å². The maximum absolute atomic E-state index is 4.93. The van der Waals surface area contributed by atoms with E-state index in [2.05, 4.69) is 54.2 Å². The van der Waals surface area contributed by atoms with E-state index < -0.39 is 0 Å². The SMILES string of the molecule is CCC(C)n1nc2c(c1-c1ccccc1)CCNCC2. The molecule has 2 heterocycles. The number of rotatable bonds is 3. The number of fused-ring (bicyclic) bond motifs is 1. The average Bonchev–Trinajstić information content (AvgIpc) is 2.70. The second-order valence-electron chi connectivity index (χ2n) is 5.59. The lowest BCUT2D eigenvalue weighted by Gasteiger charge is -2.15. The topological polar surface area (TPSA) is 29.9 Å². The summed E-state index contributed by atoms with van der Waals surface area (Å²) in [5.74, 6) is 0. The number of aromatic nitrogens is 2. The smallest absolute Gasteiger partial charge is 0.0720 e. The molecule has 3 heteroatoms. The van der Waals surface area contributed by atoms with Gasteiger partial charge in [0, 0.05) is 30.1 Å².